The van der Waals surface area contributed by atoms with E-state index in [4.69, 9.17) is 4.74 Å². The maximum absolute atomic E-state index is 12.4. The number of sulfonamides is 1. The lowest BCUT2D eigenvalue weighted by Crippen LogP contribution is -2.37. The van der Waals surface area contributed by atoms with Crippen molar-refractivity contribution < 1.29 is 17.9 Å². The van der Waals surface area contributed by atoms with Crippen LogP contribution in [-0.2, 0) is 21.4 Å². The van der Waals surface area contributed by atoms with E-state index in [0.29, 0.717) is 5.75 Å². The second-order valence-electron chi connectivity index (χ2n) is 6.45. The molecule has 1 amide bonds. The Hall–Kier alpha value is -1.60. The molecule has 1 aromatic rings. The summed E-state index contributed by atoms with van der Waals surface area (Å²) >= 11 is 0. The Morgan fingerprint density at radius 1 is 1.16 bits per heavy atom. The lowest BCUT2D eigenvalue weighted by Gasteiger charge is -2.24. The van der Waals surface area contributed by atoms with Crippen LogP contribution in [0.3, 0.4) is 0 Å². The van der Waals surface area contributed by atoms with Crippen molar-refractivity contribution in [3.05, 3.63) is 29.8 Å². The van der Waals surface area contributed by atoms with Crippen LogP contribution < -0.4 is 4.74 Å². The number of carbonyl (C=O) groups excluding carboxylic acids is 1. The zero-order chi connectivity index (χ0) is 18.3. The molecule has 1 aliphatic heterocycles. The zero-order valence-corrected chi connectivity index (χ0v) is 15.9. The standard InChI is InChI=1S/C18H28N2O4S/c1-24-17-10-6-5-9-16(17)15-20(25(2,22)23)14-11-18(21)19-12-7-3-4-8-13-19/h5-6,9-10H,3-4,7-8,11-15H2,1-2H3. The van der Waals surface area contributed by atoms with Crippen LogP contribution in [0.1, 0.15) is 37.7 Å². The molecule has 7 heteroatoms. The van der Waals surface area contributed by atoms with Crippen LogP contribution in [0.5, 0.6) is 5.75 Å². The van der Waals surface area contributed by atoms with E-state index < -0.39 is 10.0 Å². The Morgan fingerprint density at radius 3 is 2.40 bits per heavy atom. The number of rotatable bonds is 7. The van der Waals surface area contributed by atoms with Crippen molar-refractivity contribution in [3.63, 3.8) is 0 Å². The molecule has 2 rings (SSSR count). The molecular formula is C18H28N2O4S. The van der Waals surface area contributed by atoms with Crippen molar-refractivity contribution in [1.29, 1.82) is 0 Å². The van der Waals surface area contributed by atoms with Gasteiger partial charge in [0, 0.05) is 38.2 Å². The van der Waals surface area contributed by atoms with E-state index in [1.54, 1.807) is 13.2 Å². The number of hydrogen-bond acceptors (Lipinski definition) is 4. The zero-order valence-electron chi connectivity index (χ0n) is 15.1. The minimum Gasteiger partial charge on any atom is -0.496 e. The van der Waals surface area contributed by atoms with Crippen molar-refractivity contribution >= 4 is 15.9 Å². The molecule has 0 atom stereocenters. The van der Waals surface area contributed by atoms with Gasteiger partial charge in [-0.2, -0.15) is 4.31 Å². The number of amides is 1. The molecular weight excluding hydrogens is 340 g/mol. The van der Waals surface area contributed by atoms with Gasteiger partial charge in [-0.05, 0) is 18.9 Å². The van der Waals surface area contributed by atoms with Gasteiger partial charge in [0.2, 0.25) is 15.9 Å². The lowest BCUT2D eigenvalue weighted by atomic mass is 10.2. The SMILES string of the molecule is COc1ccccc1CN(CCC(=O)N1CCCCCC1)S(C)(=O)=O. The van der Waals surface area contributed by atoms with Crippen molar-refractivity contribution in [2.75, 3.05) is 33.0 Å². The second kappa shape index (κ2) is 9.20. The quantitative estimate of drug-likeness (QED) is 0.740. The Kier molecular flexibility index (Phi) is 7.25. The fourth-order valence-corrected chi connectivity index (χ4v) is 3.88. The smallest absolute Gasteiger partial charge is 0.223 e. The summed E-state index contributed by atoms with van der Waals surface area (Å²) < 4.78 is 30.9. The Bertz CT molecular complexity index is 667. The van der Waals surface area contributed by atoms with Gasteiger partial charge >= 0.3 is 0 Å². The van der Waals surface area contributed by atoms with E-state index in [0.717, 1.165) is 44.3 Å². The molecule has 140 valence electrons. The van der Waals surface area contributed by atoms with Gasteiger partial charge < -0.3 is 9.64 Å². The number of benzene rings is 1. The summed E-state index contributed by atoms with van der Waals surface area (Å²) in [6.45, 7) is 1.96. The number of likely N-dealkylation sites (tertiary alicyclic amines) is 1. The van der Waals surface area contributed by atoms with Crippen LogP contribution in [0.15, 0.2) is 24.3 Å². The van der Waals surface area contributed by atoms with Gasteiger partial charge in [0.15, 0.2) is 0 Å². The highest BCUT2D eigenvalue weighted by molar-refractivity contribution is 7.88. The number of carbonyl (C=O) groups is 1. The van der Waals surface area contributed by atoms with Gasteiger partial charge in [0.1, 0.15) is 5.75 Å². The highest BCUT2D eigenvalue weighted by Gasteiger charge is 2.22. The molecule has 1 heterocycles. The lowest BCUT2D eigenvalue weighted by molar-refractivity contribution is -0.131. The normalized spacial score (nSPS) is 15.9. The van der Waals surface area contributed by atoms with Gasteiger partial charge in [0.25, 0.3) is 0 Å². The Labute approximate surface area is 150 Å². The molecule has 0 aromatic heterocycles. The number of para-hydroxylation sites is 1. The minimum atomic E-state index is -3.41. The summed E-state index contributed by atoms with van der Waals surface area (Å²) in [7, 11) is -1.85. The molecule has 0 unspecified atom stereocenters. The summed E-state index contributed by atoms with van der Waals surface area (Å²) in [5, 5.41) is 0. The summed E-state index contributed by atoms with van der Waals surface area (Å²) in [5.41, 5.74) is 0.789. The van der Waals surface area contributed by atoms with Gasteiger partial charge in [-0.25, -0.2) is 8.42 Å². The number of nitrogens with zero attached hydrogens (tertiary/aromatic N) is 2. The van der Waals surface area contributed by atoms with Crippen molar-refractivity contribution in [3.8, 4) is 5.75 Å². The van der Waals surface area contributed by atoms with E-state index in [9.17, 15) is 13.2 Å². The molecule has 0 N–H and O–H groups in total. The highest BCUT2D eigenvalue weighted by Crippen LogP contribution is 2.21. The van der Waals surface area contributed by atoms with Crippen molar-refractivity contribution in [1.82, 2.24) is 9.21 Å². The molecule has 1 aliphatic rings. The molecule has 1 aromatic carbocycles. The molecule has 0 saturated carbocycles. The summed E-state index contributed by atoms with van der Waals surface area (Å²) in [6.07, 6.45) is 5.77. The van der Waals surface area contributed by atoms with E-state index in [1.807, 2.05) is 23.1 Å². The monoisotopic (exact) mass is 368 g/mol. The molecule has 1 saturated heterocycles. The number of methoxy groups -OCH3 is 1. The number of hydrogen-bond donors (Lipinski definition) is 0. The first-order valence-electron chi connectivity index (χ1n) is 8.76. The van der Waals surface area contributed by atoms with E-state index in [1.165, 1.54) is 10.6 Å². The van der Waals surface area contributed by atoms with Gasteiger partial charge in [0.05, 0.1) is 13.4 Å². The third kappa shape index (κ3) is 6.01. The Morgan fingerprint density at radius 2 is 1.80 bits per heavy atom. The number of ether oxygens (including phenoxy) is 1. The van der Waals surface area contributed by atoms with Gasteiger partial charge in [-0.15, -0.1) is 0 Å². The summed E-state index contributed by atoms with van der Waals surface area (Å²) in [5.74, 6) is 0.686. The second-order valence-corrected chi connectivity index (χ2v) is 8.44. The first-order valence-corrected chi connectivity index (χ1v) is 10.6. The molecule has 0 aliphatic carbocycles. The van der Waals surface area contributed by atoms with Crippen molar-refractivity contribution in [2.24, 2.45) is 0 Å². The van der Waals surface area contributed by atoms with Crippen LogP contribution in [0.4, 0.5) is 0 Å². The fourth-order valence-electron chi connectivity index (χ4n) is 3.08. The van der Waals surface area contributed by atoms with Crippen molar-refractivity contribution in [2.45, 2.75) is 38.6 Å². The molecule has 6 nitrogen and oxygen atoms in total. The van der Waals surface area contributed by atoms with E-state index >= 15 is 0 Å². The maximum atomic E-state index is 12.4. The minimum absolute atomic E-state index is 0.0376. The average Bonchev–Trinajstić information content (AvgIpc) is 2.87. The summed E-state index contributed by atoms with van der Waals surface area (Å²) in [4.78, 5) is 14.3. The highest BCUT2D eigenvalue weighted by atomic mass is 32.2. The van der Waals surface area contributed by atoms with Crippen LogP contribution >= 0.6 is 0 Å². The molecule has 0 bridgehead atoms. The van der Waals surface area contributed by atoms with Crippen LogP contribution in [0, 0.1) is 0 Å². The van der Waals surface area contributed by atoms with Crippen LogP contribution in [0.2, 0.25) is 0 Å². The van der Waals surface area contributed by atoms with Crippen LogP contribution in [0.25, 0.3) is 0 Å². The third-order valence-corrected chi connectivity index (χ3v) is 5.79. The average molecular weight is 368 g/mol. The molecule has 25 heavy (non-hydrogen) atoms. The third-order valence-electron chi connectivity index (χ3n) is 4.54. The largest absolute Gasteiger partial charge is 0.496 e. The molecule has 0 radical (unpaired) electrons. The molecule has 0 spiro atoms. The topological polar surface area (TPSA) is 66.9 Å². The molecule has 1 fully saturated rings. The van der Waals surface area contributed by atoms with Gasteiger partial charge in [-0.3, -0.25) is 4.79 Å². The maximum Gasteiger partial charge on any atom is 0.223 e. The first-order chi connectivity index (χ1) is 11.9. The van der Waals surface area contributed by atoms with E-state index in [2.05, 4.69) is 0 Å². The van der Waals surface area contributed by atoms with E-state index in [-0.39, 0.29) is 25.4 Å². The van der Waals surface area contributed by atoms with Gasteiger partial charge in [-0.1, -0.05) is 31.0 Å². The predicted octanol–water partition coefficient (Wildman–Crippen LogP) is 2.25. The Balaban J connectivity index is 2.02. The summed E-state index contributed by atoms with van der Waals surface area (Å²) in [6, 6.07) is 7.34. The fraction of sp³-hybridized carbons (Fsp3) is 0.611. The first kappa shape index (κ1) is 19.7. The van der Waals surface area contributed by atoms with Crippen LogP contribution in [-0.4, -0.2) is 56.5 Å². The predicted molar refractivity (Wildman–Crippen MR) is 97.9 cm³/mol.